The van der Waals surface area contributed by atoms with Crippen LogP contribution >= 0.6 is 0 Å². The van der Waals surface area contributed by atoms with Crippen LogP contribution in [0.15, 0.2) is 60.7 Å². The molecule has 0 radical (unpaired) electrons. The molecule has 194 valence electrons. The molecule has 1 heterocycles. The van der Waals surface area contributed by atoms with E-state index in [0.717, 1.165) is 18.4 Å². The van der Waals surface area contributed by atoms with Gasteiger partial charge in [0.25, 0.3) is 0 Å². The first-order valence-electron chi connectivity index (χ1n) is 10.9. The van der Waals surface area contributed by atoms with Gasteiger partial charge in [-0.2, -0.15) is 13.2 Å². The SMILES string of the molecule is CC(C(=O)NCc1ccc(C(F)(F)F)nc1C#Cc1ccccc1)c1ccc(C(N)S(C)(=O)=O)c(F)c1. The molecule has 0 spiro atoms. The van der Waals surface area contributed by atoms with E-state index in [9.17, 15) is 30.8 Å². The summed E-state index contributed by atoms with van der Waals surface area (Å²) in [6.45, 7) is 1.33. The van der Waals surface area contributed by atoms with Crippen LogP contribution in [0.25, 0.3) is 0 Å². The highest BCUT2D eigenvalue weighted by Crippen LogP contribution is 2.28. The molecule has 0 aliphatic rings. The summed E-state index contributed by atoms with van der Waals surface area (Å²) >= 11 is 0. The molecular formula is C26H23F4N3O3S. The van der Waals surface area contributed by atoms with Gasteiger partial charge in [-0.05, 0) is 42.7 Å². The number of halogens is 4. The number of nitrogens with zero attached hydrogens (tertiary/aromatic N) is 1. The molecule has 2 unspecified atom stereocenters. The summed E-state index contributed by atoms with van der Waals surface area (Å²) in [6, 6.07) is 14.2. The average Bonchev–Trinajstić information content (AvgIpc) is 2.84. The Morgan fingerprint density at radius 3 is 2.35 bits per heavy atom. The smallest absolute Gasteiger partial charge is 0.351 e. The summed E-state index contributed by atoms with van der Waals surface area (Å²) in [5.41, 5.74) is 5.20. The summed E-state index contributed by atoms with van der Waals surface area (Å²) in [7, 11) is -3.74. The lowest BCUT2D eigenvalue weighted by molar-refractivity contribution is -0.141. The first-order valence-corrected chi connectivity index (χ1v) is 12.9. The van der Waals surface area contributed by atoms with Crippen molar-refractivity contribution in [3.05, 3.63) is 100 Å². The molecule has 0 fully saturated rings. The number of hydrogen-bond acceptors (Lipinski definition) is 5. The highest BCUT2D eigenvalue weighted by molar-refractivity contribution is 7.90. The molecule has 1 aromatic heterocycles. The highest BCUT2D eigenvalue weighted by atomic mass is 32.2. The number of hydrogen-bond donors (Lipinski definition) is 2. The van der Waals surface area contributed by atoms with Crippen LogP contribution in [0, 0.1) is 17.7 Å². The maximum atomic E-state index is 14.5. The number of aromatic nitrogens is 1. The van der Waals surface area contributed by atoms with E-state index in [2.05, 4.69) is 22.1 Å². The highest BCUT2D eigenvalue weighted by Gasteiger charge is 2.33. The van der Waals surface area contributed by atoms with Crippen LogP contribution in [0.5, 0.6) is 0 Å². The molecule has 2 aromatic carbocycles. The van der Waals surface area contributed by atoms with E-state index in [1.165, 1.54) is 25.1 Å². The zero-order valence-corrected chi connectivity index (χ0v) is 20.6. The second kappa shape index (κ2) is 11.1. The lowest BCUT2D eigenvalue weighted by Crippen LogP contribution is -2.28. The largest absolute Gasteiger partial charge is 0.433 e. The number of sulfone groups is 1. The monoisotopic (exact) mass is 533 g/mol. The van der Waals surface area contributed by atoms with Gasteiger partial charge in [0.2, 0.25) is 5.91 Å². The van der Waals surface area contributed by atoms with Crippen LogP contribution in [-0.4, -0.2) is 25.6 Å². The first-order chi connectivity index (χ1) is 17.3. The van der Waals surface area contributed by atoms with Crippen LogP contribution in [-0.2, 0) is 27.4 Å². The third-order valence-electron chi connectivity index (χ3n) is 5.51. The molecule has 0 aliphatic heterocycles. The molecule has 2 atom stereocenters. The van der Waals surface area contributed by atoms with Crippen LogP contribution in [0.3, 0.4) is 0 Å². The van der Waals surface area contributed by atoms with Crippen molar-refractivity contribution in [3.63, 3.8) is 0 Å². The van der Waals surface area contributed by atoms with E-state index in [0.29, 0.717) is 5.56 Å². The third kappa shape index (κ3) is 7.15. The Bertz CT molecular complexity index is 1460. The fourth-order valence-corrected chi connectivity index (χ4v) is 3.96. The number of nitrogens with two attached hydrogens (primary N) is 1. The van der Waals surface area contributed by atoms with Crippen LogP contribution in [0.1, 0.15) is 51.9 Å². The van der Waals surface area contributed by atoms with E-state index in [1.807, 2.05) is 0 Å². The Balaban J connectivity index is 1.81. The molecule has 1 amide bonds. The number of amides is 1. The van der Waals surface area contributed by atoms with Gasteiger partial charge in [0, 0.05) is 29.5 Å². The molecule has 11 heteroatoms. The van der Waals surface area contributed by atoms with Crippen molar-refractivity contribution in [1.29, 1.82) is 0 Å². The molecule has 0 saturated heterocycles. The Kier molecular flexibility index (Phi) is 8.35. The number of carbonyl (C=O) groups excluding carboxylic acids is 1. The summed E-state index contributed by atoms with van der Waals surface area (Å²) in [5, 5.41) is 1.06. The molecular weight excluding hydrogens is 510 g/mol. The van der Waals surface area contributed by atoms with Gasteiger partial charge in [-0.3, -0.25) is 4.79 Å². The van der Waals surface area contributed by atoms with Crippen molar-refractivity contribution in [1.82, 2.24) is 10.3 Å². The van der Waals surface area contributed by atoms with Gasteiger partial charge >= 0.3 is 6.18 Å². The quantitative estimate of drug-likeness (QED) is 0.368. The normalized spacial score (nSPS) is 13.3. The number of carbonyl (C=O) groups is 1. The van der Waals surface area contributed by atoms with Gasteiger partial charge in [0.15, 0.2) is 9.84 Å². The minimum atomic E-state index is -4.67. The second-order valence-corrected chi connectivity index (χ2v) is 10.5. The Morgan fingerprint density at radius 1 is 1.08 bits per heavy atom. The van der Waals surface area contributed by atoms with E-state index in [-0.39, 0.29) is 28.9 Å². The van der Waals surface area contributed by atoms with Crippen molar-refractivity contribution in [2.75, 3.05) is 6.26 Å². The number of pyridine rings is 1. The third-order valence-corrected chi connectivity index (χ3v) is 6.68. The Morgan fingerprint density at radius 2 is 1.76 bits per heavy atom. The summed E-state index contributed by atoms with van der Waals surface area (Å²) in [4.78, 5) is 16.4. The van der Waals surface area contributed by atoms with Crippen molar-refractivity contribution < 1.29 is 30.8 Å². The predicted molar refractivity (Wildman–Crippen MR) is 130 cm³/mol. The second-order valence-electron chi connectivity index (χ2n) is 8.29. The van der Waals surface area contributed by atoms with Gasteiger partial charge in [-0.25, -0.2) is 17.8 Å². The van der Waals surface area contributed by atoms with Crippen LogP contribution < -0.4 is 11.1 Å². The van der Waals surface area contributed by atoms with Gasteiger partial charge in [0.1, 0.15) is 22.6 Å². The molecule has 37 heavy (non-hydrogen) atoms. The average molecular weight is 534 g/mol. The maximum Gasteiger partial charge on any atom is 0.433 e. The van der Waals surface area contributed by atoms with Crippen molar-refractivity contribution in [2.45, 2.75) is 30.9 Å². The van der Waals surface area contributed by atoms with E-state index >= 15 is 0 Å². The fourth-order valence-electron chi connectivity index (χ4n) is 3.31. The lowest BCUT2D eigenvalue weighted by atomic mass is 9.98. The summed E-state index contributed by atoms with van der Waals surface area (Å²) in [5.74, 6) is 3.12. The molecule has 3 N–H and O–H groups in total. The maximum absolute atomic E-state index is 14.5. The first kappa shape index (κ1) is 27.8. The molecule has 3 rings (SSSR count). The van der Waals surface area contributed by atoms with Crippen LogP contribution in [0.4, 0.5) is 17.6 Å². The van der Waals surface area contributed by atoms with Gasteiger partial charge in [-0.15, -0.1) is 0 Å². The molecule has 3 aromatic rings. The van der Waals surface area contributed by atoms with Crippen molar-refractivity contribution in [3.8, 4) is 11.8 Å². The summed E-state index contributed by atoms with van der Waals surface area (Å²) in [6.07, 6.45) is -3.79. The zero-order chi connectivity index (χ0) is 27.4. The molecule has 0 saturated carbocycles. The zero-order valence-electron chi connectivity index (χ0n) is 19.8. The van der Waals surface area contributed by atoms with Gasteiger partial charge < -0.3 is 11.1 Å². The Hall–Kier alpha value is -3.75. The van der Waals surface area contributed by atoms with Gasteiger partial charge in [-0.1, -0.05) is 42.3 Å². The van der Waals surface area contributed by atoms with Gasteiger partial charge in [0.05, 0.1) is 5.92 Å². The lowest BCUT2D eigenvalue weighted by Gasteiger charge is -2.16. The summed E-state index contributed by atoms with van der Waals surface area (Å²) < 4.78 is 77.4. The minimum absolute atomic E-state index is 0.142. The standard InChI is InChI=1S/C26H23F4N3O3S/c1-16(18-9-11-20(21(27)14-18)24(31)37(2,35)36)25(34)32-15-19-10-13-23(26(28,29)30)33-22(19)12-8-17-6-4-3-5-7-17/h3-7,9-11,13-14,16,24H,15,31H2,1-2H3,(H,32,34). The molecule has 0 bridgehead atoms. The number of benzene rings is 2. The fraction of sp³-hybridized carbons (Fsp3) is 0.231. The van der Waals surface area contributed by atoms with Crippen molar-refractivity contribution in [2.24, 2.45) is 5.73 Å². The van der Waals surface area contributed by atoms with Crippen LogP contribution in [0.2, 0.25) is 0 Å². The number of nitrogens with one attached hydrogen (secondary N) is 1. The minimum Gasteiger partial charge on any atom is -0.351 e. The predicted octanol–water partition coefficient (Wildman–Crippen LogP) is 4.06. The number of alkyl halides is 3. The number of rotatable bonds is 6. The topological polar surface area (TPSA) is 102 Å². The molecule has 6 nitrogen and oxygen atoms in total. The van der Waals surface area contributed by atoms with E-state index < -0.39 is 44.7 Å². The van der Waals surface area contributed by atoms with Crippen molar-refractivity contribution >= 4 is 15.7 Å². The Labute approximate surface area is 211 Å². The van der Waals surface area contributed by atoms with E-state index in [1.54, 1.807) is 30.3 Å². The molecule has 0 aliphatic carbocycles. The van der Waals surface area contributed by atoms with E-state index in [4.69, 9.17) is 5.73 Å².